The summed E-state index contributed by atoms with van der Waals surface area (Å²) in [6.07, 6.45) is 2.09. The van der Waals surface area contributed by atoms with Crippen LogP contribution in [0.3, 0.4) is 0 Å². The van der Waals surface area contributed by atoms with E-state index in [9.17, 15) is 14.0 Å². The van der Waals surface area contributed by atoms with Gasteiger partial charge in [-0.05, 0) is 30.9 Å². The van der Waals surface area contributed by atoms with Gasteiger partial charge < -0.3 is 10.2 Å². The normalized spacial score (nSPS) is 22.3. The van der Waals surface area contributed by atoms with Crippen LogP contribution in [0.1, 0.15) is 43.2 Å². The highest BCUT2D eigenvalue weighted by molar-refractivity contribution is 6.31. The predicted molar refractivity (Wildman–Crippen MR) is 102 cm³/mol. The van der Waals surface area contributed by atoms with Crippen LogP contribution in [-0.2, 0) is 4.79 Å². The van der Waals surface area contributed by atoms with Crippen LogP contribution in [0, 0.1) is 11.7 Å². The molecular formula is C19H20ClFN4O2. The van der Waals surface area contributed by atoms with Crippen molar-refractivity contribution in [2.75, 3.05) is 23.3 Å². The van der Waals surface area contributed by atoms with Gasteiger partial charge >= 0.3 is 0 Å². The lowest BCUT2D eigenvalue weighted by molar-refractivity contribution is -0.116. The number of H-pyrrole nitrogens is 1. The summed E-state index contributed by atoms with van der Waals surface area (Å²) in [6.45, 7) is 3.74. The number of hydrogen-bond donors (Lipinski definition) is 2. The van der Waals surface area contributed by atoms with Crippen LogP contribution in [0.5, 0.6) is 0 Å². The lowest BCUT2D eigenvalue weighted by Gasteiger charge is -2.32. The minimum atomic E-state index is -0.770. The summed E-state index contributed by atoms with van der Waals surface area (Å²) in [6, 6.07) is 4.32. The third-order valence-electron chi connectivity index (χ3n) is 5.24. The molecule has 2 unspecified atom stereocenters. The van der Waals surface area contributed by atoms with Gasteiger partial charge in [0.25, 0.3) is 5.56 Å². The monoisotopic (exact) mass is 390 g/mol. The Labute approximate surface area is 160 Å². The molecule has 3 heterocycles. The molecule has 6 nitrogen and oxygen atoms in total. The Morgan fingerprint density at radius 1 is 1.30 bits per heavy atom. The zero-order valence-electron chi connectivity index (χ0n) is 14.9. The molecule has 2 aliphatic rings. The standard InChI is InChI=1S/C19H20ClFN4O2/c1-10-4-3-7-25(9-10)19-23-17-16(18(27)24-19)11(8-14(26)22-17)15-12(20)5-2-6-13(15)21/h2,5-6,10-11H,3-4,7-9H2,1H3,(H2,22,23,24,26,27). The van der Waals surface area contributed by atoms with Crippen LogP contribution in [-0.4, -0.2) is 29.0 Å². The Kier molecular flexibility index (Phi) is 4.63. The Hall–Kier alpha value is -2.41. The quantitative estimate of drug-likeness (QED) is 0.824. The van der Waals surface area contributed by atoms with E-state index in [0.717, 1.165) is 25.9 Å². The fraction of sp³-hybridized carbons (Fsp3) is 0.421. The lowest BCUT2D eigenvalue weighted by atomic mass is 9.86. The van der Waals surface area contributed by atoms with Gasteiger partial charge in [0.2, 0.25) is 11.9 Å². The number of rotatable bonds is 2. The van der Waals surface area contributed by atoms with E-state index in [1.807, 2.05) is 4.90 Å². The number of halogens is 2. The number of carbonyl (C=O) groups is 1. The number of nitrogens with one attached hydrogen (secondary N) is 2. The maximum atomic E-state index is 14.4. The van der Waals surface area contributed by atoms with Crippen molar-refractivity contribution in [2.45, 2.75) is 32.1 Å². The van der Waals surface area contributed by atoms with E-state index in [2.05, 4.69) is 22.2 Å². The van der Waals surface area contributed by atoms with Crippen molar-refractivity contribution in [1.29, 1.82) is 0 Å². The third-order valence-corrected chi connectivity index (χ3v) is 5.57. The molecule has 0 aliphatic carbocycles. The molecular weight excluding hydrogens is 371 g/mol. The van der Waals surface area contributed by atoms with Crippen LogP contribution in [0.4, 0.5) is 16.2 Å². The van der Waals surface area contributed by atoms with Crippen molar-refractivity contribution < 1.29 is 9.18 Å². The van der Waals surface area contributed by atoms with Crippen LogP contribution >= 0.6 is 11.6 Å². The minimum Gasteiger partial charge on any atom is -0.342 e. The van der Waals surface area contributed by atoms with E-state index in [-0.39, 0.29) is 39.9 Å². The Morgan fingerprint density at radius 2 is 2.11 bits per heavy atom. The molecule has 142 valence electrons. The fourth-order valence-electron chi connectivity index (χ4n) is 3.98. The SMILES string of the molecule is CC1CCCN(c2nc3c(c(=O)[nH]2)C(c2c(F)cccc2Cl)CC(=O)N3)C1. The molecule has 1 aromatic heterocycles. The number of fused-ring (bicyclic) bond motifs is 1. The van der Waals surface area contributed by atoms with Crippen molar-refractivity contribution in [3.05, 3.63) is 50.5 Å². The topological polar surface area (TPSA) is 78.1 Å². The van der Waals surface area contributed by atoms with Crippen molar-refractivity contribution in [3.63, 3.8) is 0 Å². The number of hydrogen-bond acceptors (Lipinski definition) is 4. The van der Waals surface area contributed by atoms with Crippen molar-refractivity contribution >= 4 is 29.3 Å². The second kappa shape index (κ2) is 6.96. The van der Waals surface area contributed by atoms with E-state index in [0.29, 0.717) is 11.9 Å². The van der Waals surface area contributed by atoms with E-state index in [4.69, 9.17) is 11.6 Å². The average molecular weight is 391 g/mol. The fourth-order valence-corrected chi connectivity index (χ4v) is 4.28. The number of anilines is 2. The van der Waals surface area contributed by atoms with Crippen LogP contribution in [0.2, 0.25) is 5.02 Å². The molecule has 2 aromatic rings. The van der Waals surface area contributed by atoms with E-state index in [1.54, 1.807) is 6.07 Å². The van der Waals surface area contributed by atoms with E-state index >= 15 is 0 Å². The van der Waals surface area contributed by atoms with Crippen molar-refractivity contribution in [1.82, 2.24) is 9.97 Å². The molecule has 1 aromatic carbocycles. The summed E-state index contributed by atoms with van der Waals surface area (Å²) in [5.41, 5.74) is 0.0230. The third kappa shape index (κ3) is 3.32. The molecule has 0 saturated carbocycles. The number of amides is 1. The van der Waals surface area contributed by atoms with Gasteiger partial charge in [-0.2, -0.15) is 4.98 Å². The molecule has 27 heavy (non-hydrogen) atoms. The van der Waals surface area contributed by atoms with Crippen LogP contribution in [0.15, 0.2) is 23.0 Å². The molecule has 4 rings (SSSR count). The van der Waals surface area contributed by atoms with Crippen LogP contribution in [0.25, 0.3) is 0 Å². The molecule has 1 amide bonds. The minimum absolute atomic E-state index is 0.0570. The summed E-state index contributed by atoms with van der Waals surface area (Å²) in [7, 11) is 0. The number of piperidine rings is 1. The van der Waals surface area contributed by atoms with Gasteiger partial charge in [0.05, 0.1) is 5.56 Å². The van der Waals surface area contributed by atoms with E-state index < -0.39 is 11.7 Å². The summed E-state index contributed by atoms with van der Waals surface area (Å²) in [4.78, 5) is 34.5. The first kappa shape index (κ1) is 18.0. The van der Waals surface area contributed by atoms with Gasteiger partial charge in [0.1, 0.15) is 11.6 Å². The maximum Gasteiger partial charge on any atom is 0.258 e. The summed E-state index contributed by atoms with van der Waals surface area (Å²) < 4.78 is 14.4. The first-order valence-corrected chi connectivity index (χ1v) is 9.44. The summed E-state index contributed by atoms with van der Waals surface area (Å²) in [5, 5.41) is 2.86. The Balaban J connectivity index is 1.81. The average Bonchev–Trinajstić information content (AvgIpc) is 2.60. The zero-order chi connectivity index (χ0) is 19.1. The van der Waals surface area contributed by atoms with E-state index in [1.165, 1.54) is 12.1 Å². The number of benzene rings is 1. The number of aromatic amines is 1. The molecule has 1 fully saturated rings. The van der Waals surface area contributed by atoms with Crippen LogP contribution < -0.4 is 15.8 Å². The first-order chi connectivity index (χ1) is 12.9. The smallest absolute Gasteiger partial charge is 0.258 e. The molecule has 0 radical (unpaired) electrons. The predicted octanol–water partition coefficient (Wildman–Crippen LogP) is 3.27. The Morgan fingerprint density at radius 3 is 2.85 bits per heavy atom. The van der Waals surface area contributed by atoms with Crippen molar-refractivity contribution in [2.24, 2.45) is 5.92 Å². The Bertz CT molecular complexity index is 941. The maximum absolute atomic E-state index is 14.4. The molecule has 2 atom stereocenters. The van der Waals surface area contributed by atoms with Gasteiger partial charge in [-0.25, -0.2) is 4.39 Å². The molecule has 0 bridgehead atoms. The lowest BCUT2D eigenvalue weighted by Crippen LogP contribution is -2.38. The second-order valence-electron chi connectivity index (χ2n) is 7.29. The molecule has 2 aliphatic heterocycles. The zero-order valence-corrected chi connectivity index (χ0v) is 15.6. The van der Waals surface area contributed by atoms with Crippen molar-refractivity contribution in [3.8, 4) is 0 Å². The molecule has 2 N–H and O–H groups in total. The highest BCUT2D eigenvalue weighted by Gasteiger charge is 2.34. The molecule has 1 saturated heterocycles. The first-order valence-electron chi connectivity index (χ1n) is 9.07. The van der Waals surface area contributed by atoms with Gasteiger partial charge in [-0.1, -0.05) is 24.6 Å². The number of carbonyl (C=O) groups excluding carboxylic acids is 1. The highest BCUT2D eigenvalue weighted by atomic mass is 35.5. The molecule has 0 spiro atoms. The number of aromatic nitrogens is 2. The molecule has 8 heteroatoms. The summed E-state index contributed by atoms with van der Waals surface area (Å²) in [5.74, 6) is -0.504. The van der Waals surface area contributed by atoms with Gasteiger partial charge in [0.15, 0.2) is 0 Å². The van der Waals surface area contributed by atoms with Gasteiger partial charge in [-0.15, -0.1) is 0 Å². The summed E-state index contributed by atoms with van der Waals surface area (Å²) >= 11 is 6.19. The van der Waals surface area contributed by atoms with Gasteiger partial charge in [0, 0.05) is 36.0 Å². The van der Waals surface area contributed by atoms with Gasteiger partial charge in [-0.3, -0.25) is 14.6 Å². The second-order valence-corrected chi connectivity index (χ2v) is 7.69. The number of nitrogens with zero attached hydrogens (tertiary/aromatic N) is 2. The highest BCUT2D eigenvalue weighted by Crippen LogP contribution is 2.39. The largest absolute Gasteiger partial charge is 0.342 e.